The molecule has 1 aromatic rings. The third-order valence-corrected chi connectivity index (χ3v) is 2.31. The third-order valence-electron chi connectivity index (χ3n) is 2.00. The molecular formula is C10H13ClN2O3. The van der Waals surface area contributed by atoms with Gasteiger partial charge in [0, 0.05) is 12.6 Å². The topological polar surface area (TPSA) is 82.5 Å². The molecule has 0 saturated carbocycles. The molecule has 0 bridgehead atoms. The van der Waals surface area contributed by atoms with Crippen LogP contribution in [0.25, 0.3) is 0 Å². The zero-order chi connectivity index (χ0) is 12.1. The highest BCUT2D eigenvalue weighted by Gasteiger charge is 2.12. The Hall–Kier alpha value is -1.33. The number of hydrogen-bond donors (Lipinski definition) is 3. The highest BCUT2D eigenvalue weighted by atomic mass is 35.5. The van der Waals surface area contributed by atoms with Crippen molar-refractivity contribution in [3.05, 3.63) is 22.8 Å². The number of rotatable bonds is 5. The molecule has 0 aliphatic heterocycles. The van der Waals surface area contributed by atoms with Gasteiger partial charge in [-0.15, -0.1) is 0 Å². The lowest BCUT2D eigenvalue weighted by Crippen LogP contribution is -2.18. The highest BCUT2D eigenvalue weighted by Crippen LogP contribution is 2.17. The molecule has 0 aromatic carbocycles. The van der Waals surface area contributed by atoms with Crippen LogP contribution in [0.15, 0.2) is 12.1 Å². The maximum absolute atomic E-state index is 10.8. The highest BCUT2D eigenvalue weighted by molar-refractivity contribution is 6.33. The normalized spacial score (nSPS) is 12.2. The van der Waals surface area contributed by atoms with Crippen LogP contribution in [0.4, 0.5) is 5.82 Å². The summed E-state index contributed by atoms with van der Waals surface area (Å²) >= 11 is 5.68. The standard InChI is InChI=1S/C10H13ClN2O3/c1-6(4-5-14)12-8-3-2-7(11)9(13-8)10(15)16/h2-3,6,14H,4-5H2,1H3,(H,12,13)(H,15,16). The predicted octanol–water partition coefficient (Wildman–Crippen LogP) is 1.62. The molecule has 0 aliphatic rings. The second-order valence-electron chi connectivity index (χ2n) is 3.39. The molecule has 1 heterocycles. The van der Waals surface area contributed by atoms with Gasteiger partial charge in [-0.3, -0.25) is 0 Å². The van der Waals surface area contributed by atoms with E-state index in [4.69, 9.17) is 21.8 Å². The van der Waals surface area contributed by atoms with Crippen molar-refractivity contribution in [2.24, 2.45) is 0 Å². The number of carboxylic acid groups (broad SMARTS) is 1. The summed E-state index contributed by atoms with van der Waals surface area (Å²) < 4.78 is 0. The third kappa shape index (κ3) is 3.36. The molecule has 1 aromatic heterocycles. The molecule has 5 nitrogen and oxygen atoms in total. The average Bonchev–Trinajstić information content (AvgIpc) is 2.21. The number of aromatic carboxylic acids is 1. The monoisotopic (exact) mass is 244 g/mol. The van der Waals surface area contributed by atoms with Crippen LogP contribution in [-0.4, -0.2) is 33.8 Å². The van der Waals surface area contributed by atoms with Crippen molar-refractivity contribution in [2.45, 2.75) is 19.4 Å². The molecule has 3 N–H and O–H groups in total. The van der Waals surface area contributed by atoms with E-state index in [-0.39, 0.29) is 23.4 Å². The number of nitrogens with zero attached hydrogens (tertiary/aromatic N) is 1. The first-order valence-electron chi connectivity index (χ1n) is 4.82. The summed E-state index contributed by atoms with van der Waals surface area (Å²) in [5, 5.41) is 20.6. The number of aliphatic hydroxyl groups excluding tert-OH is 1. The lowest BCUT2D eigenvalue weighted by molar-refractivity contribution is 0.0691. The van der Waals surface area contributed by atoms with Gasteiger partial charge in [-0.25, -0.2) is 9.78 Å². The first kappa shape index (κ1) is 12.7. The van der Waals surface area contributed by atoms with Crippen molar-refractivity contribution in [3.63, 3.8) is 0 Å². The maximum atomic E-state index is 10.8. The van der Waals surface area contributed by atoms with E-state index >= 15 is 0 Å². The maximum Gasteiger partial charge on any atom is 0.356 e. The van der Waals surface area contributed by atoms with E-state index in [0.717, 1.165) is 0 Å². The Morgan fingerprint density at radius 2 is 2.31 bits per heavy atom. The summed E-state index contributed by atoms with van der Waals surface area (Å²) in [5.74, 6) is -0.730. The van der Waals surface area contributed by atoms with Gasteiger partial charge in [0.15, 0.2) is 5.69 Å². The Bertz CT molecular complexity index is 384. The number of aromatic nitrogens is 1. The Labute approximate surface area is 98.1 Å². The van der Waals surface area contributed by atoms with Crippen molar-refractivity contribution in [2.75, 3.05) is 11.9 Å². The molecule has 1 rings (SSSR count). The van der Waals surface area contributed by atoms with Crippen LogP contribution in [0.1, 0.15) is 23.8 Å². The average molecular weight is 245 g/mol. The first-order chi connectivity index (χ1) is 7.54. The van der Waals surface area contributed by atoms with E-state index in [1.54, 1.807) is 6.07 Å². The molecule has 0 radical (unpaired) electrons. The largest absolute Gasteiger partial charge is 0.476 e. The van der Waals surface area contributed by atoms with Gasteiger partial charge >= 0.3 is 5.97 Å². The van der Waals surface area contributed by atoms with Crippen LogP contribution in [0.3, 0.4) is 0 Å². The number of carboxylic acids is 1. The van der Waals surface area contributed by atoms with Crippen LogP contribution < -0.4 is 5.32 Å². The summed E-state index contributed by atoms with van der Waals surface area (Å²) in [6, 6.07) is 3.09. The minimum Gasteiger partial charge on any atom is -0.476 e. The lowest BCUT2D eigenvalue weighted by Gasteiger charge is -2.13. The fourth-order valence-corrected chi connectivity index (χ4v) is 1.38. The Kier molecular flexibility index (Phi) is 4.52. The molecule has 0 fully saturated rings. The summed E-state index contributed by atoms with van der Waals surface area (Å²) in [5.41, 5.74) is -0.178. The van der Waals surface area contributed by atoms with Crippen molar-refractivity contribution < 1.29 is 15.0 Å². The number of aliphatic hydroxyl groups is 1. The van der Waals surface area contributed by atoms with Gasteiger partial charge in [-0.1, -0.05) is 11.6 Å². The van der Waals surface area contributed by atoms with Gasteiger partial charge in [0.25, 0.3) is 0 Å². The number of pyridine rings is 1. The number of carbonyl (C=O) groups is 1. The summed E-state index contributed by atoms with van der Waals surface area (Å²) in [4.78, 5) is 14.6. The van der Waals surface area contributed by atoms with Crippen molar-refractivity contribution in [3.8, 4) is 0 Å². The van der Waals surface area contributed by atoms with Gasteiger partial charge in [0.2, 0.25) is 0 Å². The van der Waals surface area contributed by atoms with E-state index in [1.807, 2.05) is 6.92 Å². The molecular weight excluding hydrogens is 232 g/mol. The fourth-order valence-electron chi connectivity index (χ4n) is 1.19. The van der Waals surface area contributed by atoms with Gasteiger partial charge in [0.05, 0.1) is 5.02 Å². The van der Waals surface area contributed by atoms with E-state index in [0.29, 0.717) is 12.2 Å². The second kappa shape index (κ2) is 5.67. The zero-order valence-electron chi connectivity index (χ0n) is 8.77. The minimum atomic E-state index is -1.16. The van der Waals surface area contributed by atoms with Crippen LogP contribution in [0.2, 0.25) is 5.02 Å². The number of hydrogen-bond acceptors (Lipinski definition) is 4. The van der Waals surface area contributed by atoms with E-state index in [2.05, 4.69) is 10.3 Å². The second-order valence-corrected chi connectivity index (χ2v) is 3.80. The van der Waals surface area contributed by atoms with E-state index in [1.165, 1.54) is 6.07 Å². The van der Waals surface area contributed by atoms with E-state index < -0.39 is 5.97 Å². The van der Waals surface area contributed by atoms with Gasteiger partial charge in [-0.2, -0.15) is 0 Å². The molecule has 6 heteroatoms. The summed E-state index contributed by atoms with van der Waals surface area (Å²) in [6.07, 6.45) is 0.562. The van der Waals surface area contributed by atoms with Crippen molar-refractivity contribution in [1.82, 2.24) is 4.98 Å². The Balaban J connectivity index is 2.82. The number of halogens is 1. The molecule has 0 saturated heterocycles. The van der Waals surface area contributed by atoms with Crippen LogP contribution >= 0.6 is 11.6 Å². The predicted molar refractivity (Wildman–Crippen MR) is 61.0 cm³/mol. The van der Waals surface area contributed by atoms with Crippen LogP contribution in [-0.2, 0) is 0 Å². The number of anilines is 1. The molecule has 1 unspecified atom stereocenters. The van der Waals surface area contributed by atoms with Gasteiger partial charge in [-0.05, 0) is 25.5 Å². The smallest absolute Gasteiger partial charge is 0.356 e. The first-order valence-corrected chi connectivity index (χ1v) is 5.19. The fraction of sp³-hybridized carbons (Fsp3) is 0.400. The van der Waals surface area contributed by atoms with Gasteiger partial charge in [0.1, 0.15) is 5.82 Å². The van der Waals surface area contributed by atoms with Crippen LogP contribution in [0.5, 0.6) is 0 Å². The molecule has 0 aliphatic carbocycles. The number of nitrogens with one attached hydrogen (secondary N) is 1. The van der Waals surface area contributed by atoms with Crippen LogP contribution in [0, 0.1) is 0 Å². The zero-order valence-corrected chi connectivity index (χ0v) is 9.53. The van der Waals surface area contributed by atoms with Crippen molar-refractivity contribution in [1.29, 1.82) is 0 Å². The summed E-state index contributed by atoms with van der Waals surface area (Å²) in [7, 11) is 0. The molecule has 16 heavy (non-hydrogen) atoms. The minimum absolute atomic E-state index is 0.0142. The van der Waals surface area contributed by atoms with Crippen molar-refractivity contribution >= 4 is 23.4 Å². The lowest BCUT2D eigenvalue weighted by atomic mass is 10.2. The van der Waals surface area contributed by atoms with E-state index in [9.17, 15) is 4.79 Å². The summed E-state index contributed by atoms with van der Waals surface area (Å²) in [6.45, 7) is 1.93. The Morgan fingerprint density at radius 3 is 2.88 bits per heavy atom. The SMILES string of the molecule is CC(CCO)Nc1ccc(Cl)c(C(=O)O)n1. The molecule has 1 atom stereocenters. The molecule has 0 spiro atoms. The van der Waals surface area contributed by atoms with Gasteiger partial charge < -0.3 is 15.5 Å². The quantitative estimate of drug-likeness (QED) is 0.733. The molecule has 0 amide bonds. The Morgan fingerprint density at radius 1 is 1.62 bits per heavy atom. The molecule has 88 valence electrons.